The number of aromatic nitrogens is 3. The average molecular weight is 493 g/mol. The van der Waals surface area contributed by atoms with E-state index in [0.29, 0.717) is 28.9 Å². The zero-order valence-electron chi connectivity index (χ0n) is 21.9. The number of carbonyl (C=O) groups excluding carboxylic acids is 1. The second kappa shape index (κ2) is 9.71. The van der Waals surface area contributed by atoms with E-state index in [1.54, 1.807) is 14.2 Å². The minimum absolute atomic E-state index is 0.00218. The smallest absolute Gasteiger partial charge is 0.261 e. The van der Waals surface area contributed by atoms with Gasteiger partial charge in [-0.15, -0.1) is 0 Å². The van der Waals surface area contributed by atoms with Crippen molar-refractivity contribution < 1.29 is 14.3 Å². The van der Waals surface area contributed by atoms with Crippen LogP contribution >= 0.6 is 0 Å². The largest absolute Gasteiger partial charge is 0.493 e. The Bertz CT molecular complexity index is 1100. The zero-order valence-corrected chi connectivity index (χ0v) is 21.9. The molecule has 2 atom stereocenters. The summed E-state index contributed by atoms with van der Waals surface area (Å²) in [4.78, 5) is 21.5. The fourth-order valence-corrected chi connectivity index (χ4v) is 7.76. The maximum absolute atomic E-state index is 14.3. The number of rotatable bonds is 4. The molecule has 36 heavy (non-hydrogen) atoms. The number of benzene rings is 1. The Morgan fingerprint density at radius 3 is 2.33 bits per heavy atom. The number of nitrogens with zero attached hydrogens (tertiary/aromatic N) is 4. The zero-order chi connectivity index (χ0) is 24.7. The van der Waals surface area contributed by atoms with E-state index in [0.717, 1.165) is 50.3 Å². The van der Waals surface area contributed by atoms with Gasteiger partial charge in [-0.25, -0.2) is 4.68 Å². The molecule has 194 valence electrons. The van der Waals surface area contributed by atoms with Crippen LogP contribution in [0.3, 0.4) is 0 Å². The average Bonchev–Trinajstić information content (AvgIpc) is 3.40. The van der Waals surface area contributed by atoms with Crippen LogP contribution in [0.15, 0.2) is 18.2 Å². The molecular weight excluding hydrogens is 452 g/mol. The molecule has 3 aliphatic carbocycles. The number of methoxy groups -OCH3 is 2. The number of hydrogen-bond acceptors (Lipinski definition) is 5. The molecule has 2 aromatic rings. The molecule has 2 heterocycles. The van der Waals surface area contributed by atoms with E-state index in [-0.39, 0.29) is 17.5 Å². The first kappa shape index (κ1) is 23.8. The molecule has 1 amide bonds. The summed E-state index contributed by atoms with van der Waals surface area (Å²) < 4.78 is 13.2. The molecule has 1 aromatic heterocycles. The molecule has 7 nitrogen and oxygen atoms in total. The van der Waals surface area contributed by atoms with E-state index in [1.807, 2.05) is 23.1 Å². The Morgan fingerprint density at radius 1 is 0.889 bits per heavy atom. The lowest BCUT2D eigenvalue weighted by Gasteiger charge is -2.55. The van der Waals surface area contributed by atoms with Crippen LogP contribution in [0.1, 0.15) is 112 Å². The Balaban J connectivity index is 1.48. The van der Waals surface area contributed by atoms with Crippen molar-refractivity contribution in [1.82, 2.24) is 14.8 Å². The van der Waals surface area contributed by atoms with Crippen molar-refractivity contribution in [3.8, 4) is 11.5 Å². The van der Waals surface area contributed by atoms with Gasteiger partial charge in [-0.05, 0) is 56.7 Å². The number of amides is 1. The van der Waals surface area contributed by atoms with Gasteiger partial charge >= 0.3 is 0 Å². The van der Waals surface area contributed by atoms with Crippen LogP contribution in [0.25, 0.3) is 0 Å². The Labute approximate surface area is 214 Å². The molecule has 1 spiro atoms. The highest BCUT2D eigenvalue weighted by Crippen LogP contribution is 2.53. The summed E-state index contributed by atoms with van der Waals surface area (Å²) in [6.45, 7) is 0. The molecule has 6 rings (SSSR count). The molecule has 0 N–H and O–H groups in total. The minimum Gasteiger partial charge on any atom is -0.493 e. The molecule has 0 unspecified atom stereocenters. The van der Waals surface area contributed by atoms with Gasteiger partial charge in [0.25, 0.3) is 5.91 Å². The van der Waals surface area contributed by atoms with Gasteiger partial charge < -0.3 is 9.47 Å². The van der Waals surface area contributed by atoms with Crippen molar-refractivity contribution in [3.05, 3.63) is 29.6 Å². The highest BCUT2D eigenvalue weighted by Gasteiger charge is 2.55. The Kier molecular flexibility index (Phi) is 6.42. The van der Waals surface area contributed by atoms with Crippen molar-refractivity contribution in [2.45, 2.75) is 107 Å². The van der Waals surface area contributed by atoms with Crippen LogP contribution < -0.4 is 14.4 Å². The molecule has 3 saturated carbocycles. The lowest BCUT2D eigenvalue weighted by Crippen LogP contribution is -2.61. The first-order chi connectivity index (χ1) is 17.7. The minimum atomic E-state index is 0.00218. The number of anilines is 1. The first-order valence-corrected chi connectivity index (χ1v) is 14.2. The molecular formula is C29H40N4O3. The lowest BCUT2D eigenvalue weighted by atomic mass is 9.64. The fraction of sp³-hybridized carbons (Fsp3) is 0.690. The number of hydrogen-bond donors (Lipinski definition) is 0. The van der Waals surface area contributed by atoms with Crippen molar-refractivity contribution in [1.29, 1.82) is 0 Å². The maximum Gasteiger partial charge on any atom is 0.261 e. The molecule has 1 aliphatic heterocycles. The second-order valence-electron chi connectivity index (χ2n) is 11.4. The summed E-state index contributed by atoms with van der Waals surface area (Å²) in [5.41, 5.74) is 0.623. The second-order valence-corrected chi connectivity index (χ2v) is 11.4. The van der Waals surface area contributed by atoms with Crippen LogP contribution in [0.2, 0.25) is 0 Å². The third-order valence-corrected chi connectivity index (χ3v) is 9.53. The van der Waals surface area contributed by atoms with Gasteiger partial charge in [-0.1, -0.05) is 51.4 Å². The molecule has 7 heteroatoms. The predicted octanol–water partition coefficient (Wildman–Crippen LogP) is 6.22. The topological polar surface area (TPSA) is 69.5 Å². The van der Waals surface area contributed by atoms with E-state index >= 15 is 0 Å². The molecule has 0 saturated heterocycles. The van der Waals surface area contributed by atoms with Gasteiger partial charge in [0.1, 0.15) is 0 Å². The maximum atomic E-state index is 14.3. The van der Waals surface area contributed by atoms with Gasteiger partial charge in [0, 0.05) is 23.4 Å². The van der Waals surface area contributed by atoms with E-state index in [2.05, 4.69) is 4.68 Å². The van der Waals surface area contributed by atoms with Crippen molar-refractivity contribution in [3.63, 3.8) is 0 Å². The third-order valence-electron chi connectivity index (χ3n) is 9.53. The van der Waals surface area contributed by atoms with Crippen molar-refractivity contribution in [2.75, 3.05) is 19.1 Å². The monoisotopic (exact) mass is 492 g/mol. The van der Waals surface area contributed by atoms with Gasteiger partial charge in [-0.3, -0.25) is 9.69 Å². The highest BCUT2D eigenvalue weighted by molar-refractivity contribution is 6.06. The lowest BCUT2D eigenvalue weighted by molar-refractivity contribution is 0.0309. The first-order valence-electron chi connectivity index (χ1n) is 14.2. The summed E-state index contributed by atoms with van der Waals surface area (Å²) in [5, 5.41) is 5.30. The predicted molar refractivity (Wildman–Crippen MR) is 139 cm³/mol. The Morgan fingerprint density at radius 2 is 1.58 bits per heavy atom. The van der Waals surface area contributed by atoms with Crippen LogP contribution in [0.5, 0.6) is 11.5 Å². The van der Waals surface area contributed by atoms with Crippen LogP contribution in [-0.4, -0.2) is 40.9 Å². The fourth-order valence-electron chi connectivity index (χ4n) is 7.76. The van der Waals surface area contributed by atoms with Crippen LogP contribution in [0, 0.1) is 5.92 Å². The van der Waals surface area contributed by atoms with Gasteiger partial charge in [0.15, 0.2) is 17.3 Å². The van der Waals surface area contributed by atoms with Gasteiger partial charge in [-0.2, -0.15) is 10.1 Å². The number of ether oxygens (including phenoxy) is 2. The van der Waals surface area contributed by atoms with Crippen LogP contribution in [-0.2, 0) is 5.54 Å². The molecule has 3 fully saturated rings. The summed E-state index contributed by atoms with van der Waals surface area (Å²) >= 11 is 0. The van der Waals surface area contributed by atoms with Crippen molar-refractivity contribution >= 4 is 11.9 Å². The van der Waals surface area contributed by atoms with E-state index < -0.39 is 0 Å². The highest BCUT2D eigenvalue weighted by atomic mass is 16.5. The molecule has 1 aromatic carbocycles. The SMILES string of the molecule is COc1ccc(C(=O)N2c3nc(C4CCCCC4)nn3C3(CCCCC3)[C@@H]3CCCC[C@@H]32)cc1OC. The van der Waals surface area contributed by atoms with Crippen LogP contribution in [0.4, 0.5) is 5.95 Å². The Hall–Kier alpha value is -2.57. The van der Waals surface area contributed by atoms with E-state index in [1.165, 1.54) is 51.4 Å². The van der Waals surface area contributed by atoms with E-state index in [9.17, 15) is 4.79 Å². The third kappa shape index (κ3) is 3.81. The van der Waals surface area contributed by atoms with E-state index in [4.69, 9.17) is 19.6 Å². The number of carbonyl (C=O) groups is 1. The summed E-state index contributed by atoms with van der Waals surface area (Å²) in [6.07, 6.45) is 16.8. The molecule has 0 radical (unpaired) electrons. The summed E-state index contributed by atoms with van der Waals surface area (Å²) in [7, 11) is 3.24. The standard InChI is InChI=1S/C29H40N4O3/c1-35-24-16-15-21(19-25(24)36-2)27(34)32-23-14-8-7-13-22(23)29(17-9-4-10-18-29)33-28(32)30-26(31-33)20-11-5-3-6-12-20/h15-16,19-20,22-23H,3-14,17-18H2,1-2H3/t22-,23+/m1/s1. The summed E-state index contributed by atoms with van der Waals surface area (Å²) in [6, 6.07) is 5.67. The summed E-state index contributed by atoms with van der Waals surface area (Å²) in [5.74, 6) is 3.82. The van der Waals surface area contributed by atoms with Gasteiger partial charge in [0.05, 0.1) is 19.8 Å². The quantitative estimate of drug-likeness (QED) is 0.507. The van der Waals surface area contributed by atoms with Gasteiger partial charge in [0.2, 0.25) is 5.95 Å². The van der Waals surface area contributed by atoms with Crippen molar-refractivity contribution in [2.24, 2.45) is 5.92 Å². The normalized spacial score (nSPS) is 25.8. The molecule has 0 bridgehead atoms. The molecule has 4 aliphatic rings. The number of fused-ring (bicyclic) bond motifs is 4.